The quantitative estimate of drug-likeness (QED) is 0.406. The number of hydrazine groups is 1. The second kappa shape index (κ2) is 1.15. The molecule has 1 aliphatic heterocycles. The van der Waals surface area contributed by atoms with Crippen molar-refractivity contribution in [2.45, 2.75) is 0 Å². The Morgan fingerprint density at radius 2 is 2.83 bits per heavy atom. The number of hydrogen-bond donors (Lipinski definition) is 1. The van der Waals surface area contributed by atoms with Gasteiger partial charge in [-0.05, 0) is 0 Å². The predicted octanol–water partition coefficient (Wildman–Crippen LogP) is -0.316. The number of nitrogens with one attached hydrogen (secondary N) is 1. The summed E-state index contributed by atoms with van der Waals surface area (Å²) >= 11 is 0. The molecule has 0 amide bonds. The van der Waals surface area contributed by atoms with Gasteiger partial charge in [0.15, 0.2) is 6.54 Å². The van der Waals surface area contributed by atoms with Crippen molar-refractivity contribution >= 4 is 0 Å². The molecule has 0 aliphatic carbocycles. The summed E-state index contributed by atoms with van der Waals surface area (Å²) in [5.41, 5.74) is 2.88. The van der Waals surface area contributed by atoms with Gasteiger partial charge in [-0.25, -0.2) is 0 Å². The van der Waals surface area contributed by atoms with Crippen molar-refractivity contribution in [3.8, 4) is 6.07 Å². The van der Waals surface area contributed by atoms with E-state index in [-0.39, 0.29) is 0 Å². The van der Waals surface area contributed by atoms with Crippen molar-refractivity contribution in [1.29, 1.82) is 0 Å². The molecule has 0 aromatic carbocycles. The van der Waals surface area contributed by atoms with Crippen LogP contribution in [0.15, 0.2) is 0 Å². The van der Waals surface area contributed by atoms with Crippen LogP contribution in [0.3, 0.4) is 0 Å². The van der Waals surface area contributed by atoms with Gasteiger partial charge in [0.2, 0.25) is 0 Å². The molecule has 3 nitrogen and oxygen atoms in total. The molecule has 0 aromatic heterocycles. The van der Waals surface area contributed by atoms with Gasteiger partial charge in [0.05, 0.1) is 7.05 Å². The maximum atomic E-state index is 3.71. The van der Waals surface area contributed by atoms with Crippen molar-refractivity contribution in [3.63, 3.8) is 0 Å². The van der Waals surface area contributed by atoms with Gasteiger partial charge >= 0.3 is 6.07 Å². The Kier molecular flexibility index (Phi) is 0.659. The summed E-state index contributed by atoms with van der Waals surface area (Å²) < 4.78 is 0. The molecule has 0 atom stereocenters. The summed E-state index contributed by atoms with van der Waals surface area (Å²) in [6.45, 7) is 0.747. The smallest absolute Gasteiger partial charge is 0.151 e. The third-order valence-electron chi connectivity index (χ3n) is 0.608. The van der Waals surface area contributed by atoms with E-state index in [9.17, 15) is 0 Å². The molecule has 0 radical (unpaired) electrons. The SMILES string of the molecule is CN1[N+]#CCN1. The van der Waals surface area contributed by atoms with E-state index in [0.29, 0.717) is 0 Å². The zero-order valence-electron chi connectivity index (χ0n) is 3.60. The van der Waals surface area contributed by atoms with Crippen LogP contribution in [0.1, 0.15) is 0 Å². The topological polar surface area (TPSA) is 19.6 Å². The van der Waals surface area contributed by atoms with Crippen molar-refractivity contribution in [2.75, 3.05) is 13.6 Å². The first-order valence-corrected chi connectivity index (χ1v) is 1.80. The maximum absolute atomic E-state index is 3.71. The highest BCUT2D eigenvalue weighted by atomic mass is 15.7. The van der Waals surface area contributed by atoms with E-state index in [1.54, 1.807) is 5.12 Å². The second-order valence-electron chi connectivity index (χ2n) is 1.12. The Labute approximate surface area is 36.3 Å². The van der Waals surface area contributed by atoms with Crippen LogP contribution >= 0.6 is 0 Å². The van der Waals surface area contributed by atoms with Crippen LogP contribution in [0, 0.1) is 6.07 Å². The van der Waals surface area contributed by atoms with E-state index < -0.39 is 0 Å². The molecule has 0 saturated carbocycles. The Morgan fingerprint density at radius 1 is 2.00 bits per heavy atom. The standard InChI is InChI=1S/C3H6N3/c1-6-4-2-3-5-6/h4H,2H2,1H3/q+1. The molecule has 1 N–H and O–H groups in total. The van der Waals surface area contributed by atoms with Gasteiger partial charge < -0.3 is 0 Å². The van der Waals surface area contributed by atoms with E-state index >= 15 is 0 Å². The van der Waals surface area contributed by atoms with Crippen LogP contribution in [0.25, 0.3) is 4.95 Å². The fourth-order valence-electron chi connectivity index (χ4n) is 0.327. The fraction of sp³-hybridized carbons (Fsp3) is 0.667. The molecule has 0 saturated heterocycles. The Hall–Kier alpha value is -0.750. The molecular weight excluding hydrogens is 78.1 g/mol. The Bertz CT molecular complexity index is 98.3. The van der Waals surface area contributed by atoms with Crippen molar-refractivity contribution < 1.29 is 0 Å². The highest BCUT2D eigenvalue weighted by molar-refractivity contribution is 4.90. The average Bonchev–Trinajstić information content (AvgIpc) is 1.86. The van der Waals surface area contributed by atoms with Crippen molar-refractivity contribution in [3.05, 3.63) is 4.95 Å². The molecule has 0 spiro atoms. The molecule has 0 unspecified atom stereocenters. The van der Waals surface area contributed by atoms with Gasteiger partial charge in [-0.15, -0.1) is 0 Å². The van der Waals surface area contributed by atoms with Crippen LogP contribution in [0.4, 0.5) is 0 Å². The first kappa shape index (κ1) is 3.44. The molecule has 1 heterocycles. The monoisotopic (exact) mass is 84.1 g/mol. The third kappa shape index (κ3) is 0.421. The molecule has 6 heavy (non-hydrogen) atoms. The number of rotatable bonds is 0. The third-order valence-corrected chi connectivity index (χ3v) is 0.608. The summed E-state index contributed by atoms with van der Waals surface area (Å²) in [6.07, 6.45) is 0. The summed E-state index contributed by atoms with van der Waals surface area (Å²) in [6, 6.07) is 2.71. The van der Waals surface area contributed by atoms with E-state index in [2.05, 4.69) is 16.4 Å². The Balaban J connectivity index is 2.45. The lowest BCUT2D eigenvalue weighted by Gasteiger charge is -1.86. The first-order chi connectivity index (χ1) is 2.89. The van der Waals surface area contributed by atoms with E-state index in [0.717, 1.165) is 6.54 Å². The number of nitrogens with zero attached hydrogens (tertiary/aromatic N) is 2. The zero-order valence-corrected chi connectivity index (χ0v) is 3.60. The van der Waals surface area contributed by atoms with Crippen molar-refractivity contribution in [1.82, 2.24) is 10.5 Å². The number of hydrogen-bond acceptors (Lipinski definition) is 2. The van der Waals surface area contributed by atoms with Crippen LogP contribution < -0.4 is 5.43 Å². The summed E-state index contributed by atoms with van der Waals surface area (Å²) in [7, 11) is 1.83. The minimum absolute atomic E-state index is 0.747. The molecule has 3 heteroatoms. The minimum Gasteiger partial charge on any atom is -0.151 e. The van der Waals surface area contributed by atoms with Gasteiger partial charge in [0.25, 0.3) is 0 Å². The van der Waals surface area contributed by atoms with E-state index in [1.165, 1.54) is 0 Å². The van der Waals surface area contributed by atoms with Gasteiger partial charge in [0, 0.05) is 5.12 Å². The largest absolute Gasteiger partial charge is 0.338 e. The molecule has 0 bridgehead atoms. The Morgan fingerprint density at radius 3 is 3.00 bits per heavy atom. The molecular formula is C3H6N3+. The lowest BCUT2D eigenvalue weighted by Crippen LogP contribution is -2.23. The van der Waals surface area contributed by atoms with Crippen molar-refractivity contribution in [2.24, 2.45) is 0 Å². The summed E-state index contributed by atoms with van der Waals surface area (Å²) in [4.78, 5) is 3.71. The van der Waals surface area contributed by atoms with E-state index in [1.807, 2.05) is 7.05 Å². The highest BCUT2D eigenvalue weighted by Gasteiger charge is 2.06. The maximum Gasteiger partial charge on any atom is 0.338 e. The van der Waals surface area contributed by atoms with E-state index in [4.69, 9.17) is 0 Å². The zero-order chi connectivity index (χ0) is 4.41. The van der Waals surface area contributed by atoms with Crippen LogP contribution in [-0.4, -0.2) is 18.7 Å². The van der Waals surface area contributed by atoms with Crippen LogP contribution in [0.5, 0.6) is 0 Å². The fourth-order valence-corrected chi connectivity index (χ4v) is 0.327. The lowest BCUT2D eigenvalue weighted by atomic mass is 10.8. The summed E-state index contributed by atoms with van der Waals surface area (Å²) in [5.74, 6) is 0. The molecule has 1 aliphatic rings. The van der Waals surface area contributed by atoms with Crippen LogP contribution in [-0.2, 0) is 0 Å². The molecule has 1 rings (SSSR count). The minimum atomic E-state index is 0.747. The van der Waals surface area contributed by atoms with Gasteiger partial charge in [-0.3, -0.25) is 0 Å². The first-order valence-electron chi connectivity index (χ1n) is 1.80. The molecule has 0 aromatic rings. The van der Waals surface area contributed by atoms with Crippen LogP contribution in [0.2, 0.25) is 0 Å². The second-order valence-corrected chi connectivity index (χ2v) is 1.12. The lowest BCUT2D eigenvalue weighted by molar-refractivity contribution is 0.364. The highest BCUT2D eigenvalue weighted by Crippen LogP contribution is 1.79. The van der Waals surface area contributed by atoms with Gasteiger partial charge in [0.1, 0.15) is 4.95 Å². The predicted molar refractivity (Wildman–Crippen MR) is 23.0 cm³/mol. The molecule has 0 fully saturated rings. The molecule has 32 valence electrons. The average molecular weight is 84.1 g/mol. The summed E-state index contributed by atoms with van der Waals surface area (Å²) in [5, 5.41) is 1.62. The normalized spacial score (nSPS) is 17.2. The van der Waals surface area contributed by atoms with Gasteiger partial charge in [-0.1, -0.05) is 0 Å². The van der Waals surface area contributed by atoms with Gasteiger partial charge in [-0.2, -0.15) is 5.43 Å².